The summed E-state index contributed by atoms with van der Waals surface area (Å²) in [5.74, 6) is 2.11. The maximum atomic E-state index is 12.1. The SMILES string of the molecule is CC(C)Cc1cc(C(=O)NCCc2nc(-c3ccco3)n[nH]2)n[nH]1. The fourth-order valence-corrected chi connectivity index (χ4v) is 2.33. The molecule has 0 radical (unpaired) electrons. The Morgan fingerprint density at radius 3 is 2.96 bits per heavy atom. The van der Waals surface area contributed by atoms with Gasteiger partial charge >= 0.3 is 0 Å². The number of aromatic amines is 2. The van der Waals surface area contributed by atoms with Crippen LogP contribution in [0.2, 0.25) is 0 Å². The van der Waals surface area contributed by atoms with Gasteiger partial charge < -0.3 is 9.73 Å². The molecule has 3 heterocycles. The summed E-state index contributed by atoms with van der Waals surface area (Å²) in [4.78, 5) is 16.4. The molecule has 0 aliphatic carbocycles. The van der Waals surface area contributed by atoms with E-state index in [1.807, 2.05) is 0 Å². The Kier molecular flexibility index (Phi) is 4.74. The van der Waals surface area contributed by atoms with Crippen molar-refractivity contribution in [1.29, 1.82) is 0 Å². The van der Waals surface area contributed by atoms with Crippen LogP contribution in [-0.2, 0) is 12.8 Å². The minimum atomic E-state index is -0.202. The molecule has 0 saturated carbocycles. The third kappa shape index (κ3) is 3.89. The van der Waals surface area contributed by atoms with E-state index in [0.29, 0.717) is 42.0 Å². The molecule has 24 heavy (non-hydrogen) atoms. The highest BCUT2D eigenvalue weighted by Crippen LogP contribution is 2.14. The number of carbonyl (C=O) groups excluding carboxylic acids is 1. The van der Waals surface area contributed by atoms with Gasteiger partial charge in [-0.15, -0.1) is 0 Å². The predicted molar refractivity (Wildman–Crippen MR) is 87.3 cm³/mol. The molecule has 0 atom stereocenters. The second kappa shape index (κ2) is 7.12. The first-order valence-electron chi connectivity index (χ1n) is 7.89. The van der Waals surface area contributed by atoms with Gasteiger partial charge in [0.1, 0.15) is 11.5 Å². The molecule has 8 heteroatoms. The van der Waals surface area contributed by atoms with E-state index >= 15 is 0 Å². The molecule has 0 bridgehead atoms. The molecule has 0 aliphatic rings. The molecule has 3 aromatic heterocycles. The summed E-state index contributed by atoms with van der Waals surface area (Å²) < 4.78 is 5.24. The summed E-state index contributed by atoms with van der Waals surface area (Å²) in [5, 5.41) is 16.7. The molecule has 0 spiro atoms. The number of nitrogens with one attached hydrogen (secondary N) is 3. The van der Waals surface area contributed by atoms with Crippen LogP contribution < -0.4 is 5.32 Å². The summed E-state index contributed by atoms with van der Waals surface area (Å²) in [7, 11) is 0. The van der Waals surface area contributed by atoms with Gasteiger partial charge in [-0.05, 0) is 30.5 Å². The van der Waals surface area contributed by atoms with E-state index in [9.17, 15) is 4.79 Å². The predicted octanol–water partition coefficient (Wildman–Crippen LogP) is 1.96. The lowest BCUT2D eigenvalue weighted by atomic mass is 10.1. The highest BCUT2D eigenvalue weighted by Gasteiger charge is 2.12. The molecule has 0 saturated heterocycles. The molecule has 8 nitrogen and oxygen atoms in total. The second-order valence-corrected chi connectivity index (χ2v) is 5.97. The van der Waals surface area contributed by atoms with Gasteiger partial charge in [0.2, 0.25) is 5.82 Å². The second-order valence-electron chi connectivity index (χ2n) is 5.97. The zero-order valence-electron chi connectivity index (χ0n) is 13.7. The van der Waals surface area contributed by atoms with Gasteiger partial charge in [0.25, 0.3) is 5.91 Å². The van der Waals surface area contributed by atoms with E-state index in [1.54, 1.807) is 24.5 Å². The summed E-state index contributed by atoms with van der Waals surface area (Å²) in [6, 6.07) is 5.36. The van der Waals surface area contributed by atoms with Crippen LogP contribution in [0.4, 0.5) is 0 Å². The number of aromatic nitrogens is 5. The van der Waals surface area contributed by atoms with Crippen molar-refractivity contribution >= 4 is 5.91 Å². The Morgan fingerprint density at radius 1 is 1.33 bits per heavy atom. The number of hydrogen-bond acceptors (Lipinski definition) is 5. The molecule has 0 aromatic carbocycles. The fraction of sp³-hybridized carbons (Fsp3) is 0.375. The van der Waals surface area contributed by atoms with Crippen LogP contribution in [0.3, 0.4) is 0 Å². The van der Waals surface area contributed by atoms with Crippen LogP contribution in [0.25, 0.3) is 11.6 Å². The van der Waals surface area contributed by atoms with Crippen molar-refractivity contribution in [2.24, 2.45) is 5.92 Å². The van der Waals surface area contributed by atoms with Gasteiger partial charge in [-0.1, -0.05) is 13.8 Å². The van der Waals surface area contributed by atoms with Crippen LogP contribution in [0, 0.1) is 5.92 Å². The van der Waals surface area contributed by atoms with E-state index in [4.69, 9.17) is 4.42 Å². The highest BCUT2D eigenvalue weighted by molar-refractivity contribution is 5.92. The summed E-state index contributed by atoms with van der Waals surface area (Å²) in [6.45, 7) is 4.68. The average molecular weight is 328 g/mol. The number of nitrogens with zero attached hydrogens (tertiary/aromatic N) is 3. The lowest BCUT2D eigenvalue weighted by Crippen LogP contribution is -2.26. The van der Waals surface area contributed by atoms with Gasteiger partial charge in [-0.3, -0.25) is 15.0 Å². The number of furan rings is 1. The Bertz CT molecular complexity index is 787. The smallest absolute Gasteiger partial charge is 0.271 e. The van der Waals surface area contributed by atoms with Crippen molar-refractivity contribution in [3.05, 3.63) is 41.7 Å². The normalized spacial score (nSPS) is 11.1. The van der Waals surface area contributed by atoms with Crippen LogP contribution in [-0.4, -0.2) is 37.8 Å². The number of H-pyrrole nitrogens is 2. The number of amides is 1. The third-order valence-corrected chi connectivity index (χ3v) is 3.41. The van der Waals surface area contributed by atoms with E-state index in [0.717, 1.165) is 12.1 Å². The first kappa shape index (κ1) is 16.0. The molecule has 0 unspecified atom stereocenters. The van der Waals surface area contributed by atoms with Crippen molar-refractivity contribution in [1.82, 2.24) is 30.7 Å². The van der Waals surface area contributed by atoms with E-state index in [2.05, 4.69) is 44.5 Å². The molecule has 0 aliphatic heterocycles. The Balaban J connectivity index is 1.49. The third-order valence-electron chi connectivity index (χ3n) is 3.41. The van der Waals surface area contributed by atoms with Crippen molar-refractivity contribution in [2.75, 3.05) is 6.54 Å². The fourth-order valence-electron chi connectivity index (χ4n) is 2.33. The zero-order chi connectivity index (χ0) is 16.9. The molecule has 126 valence electrons. The Hall–Kier alpha value is -2.90. The molecule has 3 rings (SSSR count). The number of hydrogen-bond donors (Lipinski definition) is 3. The monoisotopic (exact) mass is 328 g/mol. The van der Waals surface area contributed by atoms with Crippen molar-refractivity contribution in [3.63, 3.8) is 0 Å². The summed E-state index contributed by atoms with van der Waals surface area (Å²) in [6.07, 6.45) is 2.99. The zero-order valence-corrected chi connectivity index (χ0v) is 13.7. The molecule has 0 fully saturated rings. The lowest BCUT2D eigenvalue weighted by Gasteiger charge is -2.01. The topological polar surface area (TPSA) is 112 Å². The van der Waals surface area contributed by atoms with Gasteiger partial charge in [0.15, 0.2) is 5.76 Å². The van der Waals surface area contributed by atoms with Crippen LogP contribution >= 0.6 is 0 Å². The average Bonchev–Trinajstić information content (AvgIpc) is 3.27. The minimum Gasteiger partial charge on any atom is -0.461 e. The molecule has 3 N–H and O–H groups in total. The van der Waals surface area contributed by atoms with Crippen LogP contribution in [0.15, 0.2) is 28.9 Å². The van der Waals surface area contributed by atoms with E-state index in [1.165, 1.54) is 0 Å². The van der Waals surface area contributed by atoms with Crippen LogP contribution in [0.5, 0.6) is 0 Å². The molecular weight excluding hydrogens is 308 g/mol. The highest BCUT2D eigenvalue weighted by atomic mass is 16.3. The lowest BCUT2D eigenvalue weighted by molar-refractivity contribution is 0.0949. The molecular formula is C16H20N6O2. The Morgan fingerprint density at radius 2 is 2.21 bits per heavy atom. The van der Waals surface area contributed by atoms with Crippen molar-refractivity contribution < 1.29 is 9.21 Å². The summed E-state index contributed by atoms with van der Waals surface area (Å²) in [5.41, 5.74) is 1.37. The molecule has 1 amide bonds. The molecule has 3 aromatic rings. The van der Waals surface area contributed by atoms with Gasteiger partial charge in [-0.2, -0.15) is 10.2 Å². The van der Waals surface area contributed by atoms with Crippen molar-refractivity contribution in [3.8, 4) is 11.6 Å². The maximum absolute atomic E-state index is 12.1. The van der Waals surface area contributed by atoms with Gasteiger partial charge in [0, 0.05) is 18.7 Å². The van der Waals surface area contributed by atoms with E-state index in [-0.39, 0.29) is 5.91 Å². The number of carbonyl (C=O) groups is 1. The largest absolute Gasteiger partial charge is 0.461 e. The van der Waals surface area contributed by atoms with Gasteiger partial charge in [0.05, 0.1) is 6.26 Å². The Labute approximate surface area is 139 Å². The minimum absolute atomic E-state index is 0.202. The van der Waals surface area contributed by atoms with Crippen LogP contribution in [0.1, 0.15) is 35.9 Å². The summed E-state index contributed by atoms with van der Waals surface area (Å²) >= 11 is 0. The quantitative estimate of drug-likeness (QED) is 0.613. The number of rotatable bonds is 7. The first-order chi connectivity index (χ1) is 11.6. The van der Waals surface area contributed by atoms with E-state index < -0.39 is 0 Å². The maximum Gasteiger partial charge on any atom is 0.271 e. The standard InChI is InChI=1S/C16H20N6O2/c1-10(2)8-11-9-12(20-19-11)16(23)17-6-5-14-18-15(22-21-14)13-4-3-7-24-13/h3-4,7,9-10H,5-6,8H2,1-2H3,(H,17,23)(H,19,20)(H,18,21,22). The van der Waals surface area contributed by atoms with Crippen molar-refractivity contribution in [2.45, 2.75) is 26.7 Å². The first-order valence-corrected chi connectivity index (χ1v) is 7.89. The van der Waals surface area contributed by atoms with Gasteiger partial charge in [-0.25, -0.2) is 4.98 Å².